The molecule has 3 heterocycles. The molecule has 3 aromatic rings. The van der Waals surface area contributed by atoms with Crippen LogP contribution in [0.15, 0.2) is 102 Å². The normalized spacial score (nSPS) is 19.9. The molecule has 5 heteroatoms. The first-order valence-electron chi connectivity index (χ1n) is 15.4. The minimum Gasteiger partial charge on any atom is -0.354 e. The molecular weight excluding hydrogens is 502 g/mol. The van der Waals surface area contributed by atoms with Gasteiger partial charge in [0.1, 0.15) is 0 Å². The predicted molar refractivity (Wildman–Crippen MR) is 169 cm³/mol. The molecule has 4 aliphatic rings. The summed E-state index contributed by atoms with van der Waals surface area (Å²) in [5.41, 5.74) is 7.27. The Kier molecular flexibility index (Phi) is 7.52. The largest absolute Gasteiger partial charge is 0.354 e. The molecule has 2 fully saturated rings. The maximum absolute atomic E-state index is 5.24. The number of nitrogens with one attached hydrogen (secondary N) is 1. The van der Waals surface area contributed by atoms with Crippen LogP contribution in [0.5, 0.6) is 0 Å². The Labute approximate surface area is 242 Å². The number of anilines is 2. The Morgan fingerprint density at radius 1 is 0.805 bits per heavy atom. The summed E-state index contributed by atoms with van der Waals surface area (Å²) in [4.78, 5) is 13.1. The van der Waals surface area contributed by atoms with Gasteiger partial charge in [-0.3, -0.25) is 4.99 Å². The van der Waals surface area contributed by atoms with Gasteiger partial charge < -0.3 is 14.8 Å². The van der Waals surface area contributed by atoms with Gasteiger partial charge in [-0.2, -0.15) is 0 Å². The highest BCUT2D eigenvalue weighted by atomic mass is 15.2. The van der Waals surface area contributed by atoms with Crippen molar-refractivity contribution in [3.8, 4) is 17.1 Å². The molecule has 3 aliphatic heterocycles. The number of hydrogen-bond donors (Lipinski definition) is 1. The third-order valence-electron chi connectivity index (χ3n) is 9.01. The van der Waals surface area contributed by atoms with Gasteiger partial charge in [0.25, 0.3) is 0 Å². The lowest BCUT2D eigenvalue weighted by Crippen LogP contribution is -2.47. The molecule has 41 heavy (non-hydrogen) atoms. The van der Waals surface area contributed by atoms with E-state index in [9.17, 15) is 0 Å². The van der Waals surface area contributed by atoms with E-state index in [0.717, 1.165) is 69.8 Å². The SMILES string of the molecule is c1ccc(Nc2cc3nc4ccccc4n(-c4ccccc4)c-3cc2=NCCC[C@@H]2CCCN3CCCC[C@@H]23)cc1. The molecule has 0 unspecified atom stereocenters. The molecule has 0 saturated carbocycles. The maximum atomic E-state index is 5.24. The summed E-state index contributed by atoms with van der Waals surface area (Å²) in [5.74, 6) is 0.827. The third-order valence-corrected chi connectivity index (χ3v) is 9.01. The molecule has 5 nitrogen and oxygen atoms in total. The summed E-state index contributed by atoms with van der Waals surface area (Å²) < 4.78 is 2.32. The molecule has 208 valence electrons. The average molecular weight is 542 g/mol. The van der Waals surface area contributed by atoms with E-state index in [4.69, 9.17) is 9.98 Å². The number of piperidine rings is 2. The van der Waals surface area contributed by atoms with E-state index in [2.05, 4.69) is 106 Å². The molecule has 1 aliphatic carbocycles. The smallest absolute Gasteiger partial charge is 0.0900 e. The van der Waals surface area contributed by atoms with Crippen molar-refractivity contribution in [1.82, 2.24) is 14.5 Å². The van der Waals surface area contributed by atoms with Crippen LogP contribution >= 0.6 is 0 Å². The van der Waals surface area contributed by atoms with Crippen molar-refractivity contribution in [2.75, 3.05) is 25.0 Å². The number of rotatable bonds is 7. The molecule has 0 radical (unpaired) electrons. The minimum absolute atomic E-state index is 0.803. The zero-order valence-electron chi connectivity index (χ0n) is 23.8. The fourth-order valence-electron chi connectivity index (χ4n) is 7.07. The highest BCUT2D eigenvalue weighted by Crippen LogP contribution is 2.34. The van der Waals surface area contributed by atoms with Crippen LogP contribution < -0.4 is 10.7 Å². The Morgan fingerprint density at radius 2 is 1.59 bits per heavy atom. The van der Waals surface area contributed by atoms with Gasteiger partial charge in [0.2, 0.25) is 0 Å². The van der Waals surface area contributed by atoms with Crippen LogP contribution in [-0.2, 0) is 0 Å². The Balaban J connectivity index is 1.27. The molecule has 0 bridgehead atoms. The zero-order chi connectivity index (χ0) is 27.4. The number of fused-ring (bicyclic) bond motifs is 3. The third kappa shape index (κ3) is 5.51. The second-order valence-electron chi connectivity index (χ2n) is 11.6. The van der Waals surface area contributed by atoms with Crippen molar-refractivity contribution in [3.63, 3.8) is 0 Å². The first kappa shape index (κ1) is 26.0. The number of para-hydroxylation sites is 4. The van der Waals surface area contributed by atoms with Crippen LogP contribution in [0, 0.1) is 5.92 Å². The van der Waals surface area contributed by atoms with E-state index in [-0.39, 0.29) is 0 Å². The molecular formula is C36H39N5. The number of benzene rings is 4. The first-order valence-corrected chi connectivity index (χ1v) is 15.4. The second-order valence-corrected chi connectivity index (χ2v) is 11.6. The summed E-state index contributed by atoms with van der Waals surface area (Å²) >= 11 is 0. The highest BCUT2D eigenvalue weighted by Gasteiger charge is 2.32. The van der Waals surface area contributed by atoms with Crippen molar-refractivity contribution >= 4 is 22.4 Å². The quantitative estimate of drug-likeness (QED) is 0.169. The van der Waals surface area contributed by atoms with E-state index in [1.54, 1.807) is 0 Å². The average Bonchev–Trinajstić information content (AvgIpc) is 3.03. The van der Waals surface area contributed by atoms with Crippen molar-refractivity contribution in [2.24, 2.45) is 10.9 Å². The lowest BCUT2D eigenvalue weighted by atomic mass is 9.81. The Morgan fingerprint density at radius 3 is 2.46 bits per heavy atom. The van der Waals surface area contributed by atoms with E-state index in [1.807, 2.05) is 6.07 Å². The summed E-state index contributed by atoms with van der Waals surface area (Å²) in [6.45, 7) is 3.45. The van der Waals surface area contributed by atoms with Gasteiger partial charge in [-0.15, -0.1) is 0 Å². The van der Waals surface area contributed by atoms with E-state index in [1.165, 1.54) is 51.6 Å². The maximum Gasteiger partial charge on any atom is 0.0900 e. The molecule has 0 aromatic heterocycles. The molecule has 0 amide bonds. The van der Waals surface area contributed by atoms with Crippen molar-refractivity contribution < 1.29 is 0 Å². The van der Waals surface area contributed by atoms with Crippen LogP contribution in [0.3, 0.4) is 0 Å². The van der Waals surface area contributed by atoms with Gasteiger partial charge in [0.15, 0.2) is 0 Å². The first-order chi connectivity index (χ1) is 20.3. The zero-order valence-corrected chi connectivity index (χ0v) is 23.8. The van der Waals surface area contributed by atoms with Gasteiger partial charge in [0, 0.05) is 24.0 Å². The number of aromatic nitrogens is 2. The summed E-state index contributed by atoms with van der Waals surface area (Å²) in [6, 6.07) is 34.6. The van der Waals surface area contributed by atoms with Crippen LogP contribution in [0.2, 0.25) is 0 Å². The molecule has 0 spiro atoms. The van der Waals surface area contributed by atoms with Gasteiger partial charge in [-0.1, -0.05) is 55.0 Å². The Bertz CT molecular complexity index is 1640. The standard InChI is InChI=1S/C36H39N5/c1-3-15-28(16-4-1)38-32-25-33-36(41(29-17-5-2-6-18-29)35-21-8-7-19-30(35)39-33)26-31(32)37-22-11-13-27-14-12-24-40-23-10-9-20-34(27)40/h1-8,15-19,21,25-27,34,38H,9-14,20,22-24H2/t27-,34+/m1/s1. The van der Waals surface area contributed by atoms with E-state index < -0.39 is 0 Å². The lowest BCUT2D eigenvalue weighted by Gasteiger charge is -2.44. The fourth-order valence-corrected chi connectivity index (χ4v) is 7.07. The van der Waals surface area contributed by atoms with E-state index >= 15 is 0 Å². The topological polar surface area (TPSA) is 45.5 Å². The number of nitrogens with zero attached hydrogens (tertiary/aromatic N) is 4. The summed E-state index contributed by atoms with van der Waals surface area (Å²) in [5, 5.41) is 4.64. The molecule has 2 atom stereocenters. The van der Waals surface area contributed by atoms with Gasteiger partial charge in [0.05, 0.1) is 33.5 Å². The lowest BCUT2D eigenvalue weighted by molar-refractivity contribution is 0.0552. The Hall–Kier alpha value is -3.96. The van der Waals surface area contributed by atoms with Gasteiger partial charge >= 0.3 is 0 Å². The number of hydrogen-bond acceptors (Lipinski definition) is 4. The van der Waals surface area contributed by atoms with Crippen LogP contribution in [-0.4, -0.2) is 40.1 Å². The predicted octanol–water partition coefficient (Wildman–Crippen LogP) is 7.82. The second kappa shape index (κ2) is 11.9. The van der Waals surface area contributed by atoms with Crippen LogP contribution in [0.4, 0.5) is 11.4 Å². The van der Waals surface area contributed by atoms with Gasteiger partial charge in [-0.05, 0) is 106 Å². The summed E-state index contributed by atoms with van der Waals surface area (Å²) in [7, 11) is 0. The van der Waals surface area contributed by atoms with Gasteiger partial charge in [-0.25, -0.2) is 4.98 Å². The van der Waals surface area contributed by atoms with Crippen LogP contribution in [0.1, 0.15) is 44.9 Å². The van der Waals surface area contributed by atoms with Crippen molar-refractivity contribution in [3.05, 3.63) is 102 Å². The molecule has 2 saturated heterocycles. The molecule has 3 aromatic carbocycles. The monoisotopic (exact) mass is 541 g/mol. The van der Waals surface area contributed by atoms with Crippen molar-refractivity contribution in [1.29, 1.82) is 0 Å². The molecule has 1 N–H and O–H groups in total. The van der Waals surface area contributed by atoms with Crippen molar-refractivity contribution in [2.45, 2.75) is 51.0 Å². The fraction of sp³-hybridized carbons (Fsp3) is 0.333. The van der Waals surface area contributed by atoms with Crippen LogP contribution in [0.25, 0.3) is 28.1 Å². The summed E-state index contributed by atoms with van der Waals surface area (Å²) in [6.07, 6.45) is 9.31. The molecule has 7 rings (SSSR count). The minimum atomic E-state index is 0.803. The highest BCUT2D eigenvalue weighted by molar-refractivity contribution is 5.84. The van der Waals surface area contributed by atoms with E-state index in [0.29, 0.717) is 0 Å².